The molecule has 3 nitrogen and oxygen atoms in total. The first kappa shape index (κ1) is 17.4. The Kier molecular flexibility index (Phi) is 6.11. The Balaban J connectivity index is 2.11. The first-order valence-electron chi connectivity index (χ1n) is 7.66. The molecule has 0 aromatic heterocycles. The Morgan fingerprint density at radius 1 is 1.13 bits per heavy atom. The fourth-order valence-corrected chi connectivity index (χ4v) is 3.30. The summed E-state index contributed by atoms with van der Waals surface area (Å²) in [6, 6.07) is 15.6. The van der Waals surface area contributed by atoms with Crippen molar-refractivity contribution in [2.24, 2.45) is 0 Å². The number of nitrogens with one attached hydrogen (secondary N) is 1. The monoisotopic (exact) mass is 329 g/mol. The molecule has 0 radical (unpaired) electrons. The van der Waals surface area contributed by atoms with Gasteiger partial charge in [0, 0.05) is 22.8 Å². The summed E-state index contributed by atoms with van der Waals surface area (Å²) in [6.07, 6.45) is 2.00. The quantitative estimate of drug-likeness (QED) is 0.885. The Morgan fingerprint density at radius 3 is 2.48 bits per heavy atom. The van der Waals surface area contributed by atoms with Crippen LogP contribution in [0.1, 0.15) is 28.3 Å². The molecule has 1 N–H and O–H groups in total. The second-order valence-corrected chi connectivity index (χ2v) is 7.36. The number of rotatable bonds is 6. The molecule has 1 amide bonds. The number of carbonyl (C=O) groups excluding carboxylic acids is 1. The highest BCUT2D eigenvalue weighted by Gasteiger charge is 2.16. The molecular weight excluding hydrogens is 306 g/mol. The van der Waals surface area contributed by atoms with Crippen molar-refractivity contribution in [1.29, 1.82) is 0 Å². The summed E-state index contributed by atoms with van der Waals surface area (Å²) in [6.45, 7) is 4.03. The first-order valence-corrected chi connectivity index (χ1v) is 9.39. The second kappa shape index (κ2) is 8.06. The maximum Gasteiger partial charge on any atom is 0.224 e. The number of aryl methyl sites for hydroxylation is 2. The van der Waals surface area contributed by atoms with Crippen molar-refractivity contribution in [3.05, 3.63) is 70.8 Å². The maximum absolute atomic E-state index is 12.4. The molecule has 0 bridgehead atoms. The Hall–Kier alpha value is -1.94. The van der Waals surface area contributed by atoms with Crippen LogP contribution in [0.2, 0.25) is 0 Å². The van der Waals surface area contributed by atoms with Crippen molar-refractivity contribution in [3.63, 3.8) is 0 Å². The fourth-order valence-electron chi connectivity index (χ4n) is 2.55. The lowest BCUT2D eigenvalue weighted by Crippen LogP contribution is -2.33. The lowest BCUT2D eigenvalue weighted by Gasteiger charge is -2.18. The molecule has 0 aliphatic rings. The van der Waals surface area contributed by atoms with Crippen LogP contribution in [-0.2, 0) is 22.0 Å². The van der Waals surface area contributed by atoms with Crippen LogP contribution in [0.25, 0.3) is 0 Å². The predicted octanol–water partition coefficient (Wildman–Crippen LogP) is 3.08. The molecule has 0 heterocycles. The van der Waals surface area contributed by atoms with E-state index < -0.39 is 10.8 Å². The van der Waals surface area contributed by atoms with Crippen LogP contribution in [0.5, 0.6) is 0 Å². The van der Waals surface area contributed by atoms with Gasteiger partial charge in [0.15, 0.2) is 0 Å². The van der Waals surface area contributed by atoms with Crippen LogP contribution >= 0.6 is 0 Å². The summed E-state index contributed by atoms with van der Waals surface area (Å²) in [5.41, 5.74) is 4.28. The number of hydrogen-bond donors (Lipinski definition) is 1. The zero-order valence-corrected chi connectivity index (χ0v) is 14.7. The molecule has 122 valence electrons. The zero-order valence-electron chi connectivity index (χ0n) is 13.8. The summed E-state index contributed by atoms with van der Waals surface area (Å²) >= 11 is 0. The molecule has 2 atom stereocenters. The number of benzene rings is 2. The van der Waals surface area contributed by atoms with Gasteiger partial charge in [0.2, 0.25) is 5.91 Å². The highest BCUT2D eigenvalue weighted by molar-refractivity contribution is 7.84. The lowest BCUT2D eigenvalue weighted by atomic mass is 10.0. The van der Waals surface area contributed by atoms with E-state index in [4.69, 9.17) is 0 Å². The van der Waals surface area contributed by atoms with Crippen molar-refractivity contribution in [1.82, 2.24) is 5.32 Å². The van der Waals surface area contributed by atoms with Gasteiger partial charge in [-0.25, -0.2) is 0 Å². The summed E-state index contributed by atoms with van der Waals surface area (Å²) in [5, 5.41) is 3.03. The van der Waals surface area contributed by atoms with Gasteiger partial charge >= 0.3 is 0 Å². The van der Waals surface area contributed by atoms with Crippen molar-refractivity contribution in [2.45, 2.75) is 26.3 Å². The van der Waals surface area contributed by atoms with Crippen molar-refractivity contribution in [3.8, 4) is 0 Å². The summed E-state index contributed by atoms with van der Waals surface area (Å²) in [7, 11) is -0.982. The van der Waals surface area contributed by atoms with Crippen LogP contribution in [0, 0.1) is 13.8 Å². The molecule has 0 aliphatic carbocycles. The van der Waals surface area contributed by atoms with Gasteiger partial charge in [0.05, 0.1) is 12.5 Å². The molecule has 2 aromatic carbocycles. The van der Waals surface area contributed by atoms with Crippen molar-refractivity contribution >= 4 is 16.7 Å². The van der Waals surface area contributed by atoms with Gasteiger partial charge < -0.3 is 5.32 Å². The summed E-state index contributed by atoms with van der Waals surface area (Å²) in [5.74, 6) is 0.376. The van der Waals surface area contributed by atoms with Crippen LogP contribution in [0.3, 0.4) is 0 Å². The van der Waals surface area contributed by atoms with Gasteiger partial charge in [0.1, 0.15) is 0 Å². The van der Waals surface area contributed by atoms with E-state index in [2.05, 4.69) is 5.32 Å². The van der Waals surface area contributed by atoms with Crippen LogP contribution in [0.4, 0.5) is 0 Å². The average Bonchev–Trinajstić information content (AvgIpc) is 2.51. The van der Waals surface area contributed by atoms with Gasteiger partial charge in [-0.1, -0.05) is 54.1 Å². The second-order valence-electron chi connectivity index (χ2n) is 5.88. The van der Waals surface area contributed by atoms with E-state index in [-0.39, 0.29) is 11.9 Å². The SMILES string of the molecule is Cc1ccc(C)c(CC(=O)NC(CS(C)=O)c2ccccc2)c1. The Bertz CT molecular complexity index is 698. The van der Waals surface area contributed by atoms with E-state index in [1.165, 1.54) is 0 Å². The molecule has 2 rings (SSSR count). The molecule has 0 saturated heterocycles. The molecule has 23 heavy (non-hydrogen) atoms. The molecule has 2 aromatic rings. The van der Waals surface area contributed by atoms with Crippen LogP contribution in [0.15, 0.2) is 48.5 Å². The highest BCUT2D eigenvalue weighted by atomic mass is 32.2. The Labute approximate surface area is 140 Å². The lowest BCUT2D eigenvalue weighted by molar-refractivity contribution is -0.121. The topological polar surface area (TPSA) is 46.2 Å². The van der Waals surface area contributed by atoms with Gasteiger partial charge in [-0.2, -0.15) is 0 Å². The molecule has 0 saturated carbocycles. The van der Waals surface area contributed by atoms with E-state index in [1.807, 2.05) is 62.4 Å². The van der Waals surface area contributed by atoms with E-state index in [9.17, 15) is 9.00 Å². The number of amides is 1. The summed E-state index contributed by atoms with van der Waals surface area (Å²) < 4.78 is 11.6. The van der Waals surface area contributed by atoms with Crippen molar-refractivity contribution in [2.75, 3.05) is 12.0 Å². The fraction of sp³-hybridized carbons (Fsp3) is 0.316. The van der Waals surface area contributed by atoms with Crippen LogP contribution in [-0.4, -0.2) is 22.1 Å². The molecule has 2 unspecified atom stereocenters. The minimum absolute atomic E-state index is 0.0435. The zero-order chi connectivity index (χ0) is 16.8. The minimum Gasteiger partial charge on any atom is -0.348 e. The molecule has 0 fully saturated rings. The van der Waals surface area contributed by atoms with Gasteiger partial charge in [-0.15, -0.1) is 0 Å². The average molecular weight is 329 g/mol. The standard InChI is InChI=1S/C19H23NO2S/c1-14-9-10-15(2)17(11-14)12-19(21)20-18(13-23(3)22)16-7-5-4-6-8-16/h4-11,18H,12-13H2,1-3H3,(H,20,21). The van der Waals surface area contributed by atoms with E-state index in [0.717, 1.165) is 22.3 Å². The summed E-state index contributed by atoms with van der Waals surface area (Å²) in [4.78, 5) is 12.4. The normalized spacial score (nSPS) is 13.3. The maximum atomic E-state index is 12.4. The highest BCUT2D eigenvalue weighted by Crippen LogP contribution is 2.15. The Morgan fingerprint density at radius 2 is 1.83 bits per heavy atom. The van der Waals surface area contributed by atoms with E-state index >= 15 is 0 Å². The molecule has 0 aliphatic heterocycles. The van der Waals surface area contributed by atoms with Gasteiger partial charge in [-0.3, -0.25) is 9.00 Å². The molecular formula is C19H23NO2S. The minimum atomic E-state index is -0.982. The number of hydrogen-bond acceptors (Lipinski definition) is 2. The van der Waals surface area contributed by atoms with Gasteiger partial charge in [0.25, 0.3) is 0 Å². The van der Waals surface area contributed by atoms with Crippen molar-refractivity contribution < 1.29 is 9.00 Å². The molecule has 4 heteroatoms. The third-order valence-electron chi connectivity index (χ3n) is 3.79. The van der Waals surface area contributed by atoms with Crippen LogP contribution < -0.4 is 5.32 Å². The van der Waals surface area contributed by atoms with Gasteiger partial charge in [-0.05, 0) is 30.5 Å². The number of carbonyl (C=O) groups is 1. The third-order valence-corrected chi connectivity index (χ3v) is 4.60. The van der Waals surface area contributed by atoms with E-state index in [0.29, 0.717) is 12.2 Å². The first-order chi connectivity index (χ1) is 11.0. The predicted molar refractivity (Wildman–Crippen MR) is 95.9 cm³/mol. The molecule has 0 spiro atoms. The van der Waals surface area contributed by atoms with E-state index in [1.54, 1.807) is 6.26 Å². The third kappa shape index (κ3) is 5.32. The largest absolute Gasteiger partial charge is 0.348 e. The smallest absolute Gasteiger partial charge is 0.224 e.